The van der Waals surface area contributed by atoms with Crippen molar-refractivity contribution in [1.29, 1.82) is 5.26 Å². The van der Waals surface area contributed by atoms with Gasteiger partial charge in [-0.05, 0) is 44.1 Å². The maximum atomic E-state index is 13.1. The normalized spacial score (nSPS) is 20.1. The second-order valence-corrected chi connectivity index (χ2v) is 8.17. The first-order valence-corrected chi connectivity index (χ1v) is 10.0. The molecule has 29 heavy (non-hydrogen) atoms. The lowest BCUT2D eigenvalue weighted by Gasteiger charge is -2.40. The molecule has 154 valence electrons. The summed E-state index contributed by atoms with van der Waals surface area (Å²) in [5.41, 5.74) is -0.982. The topological polar surface area (TPSA) is 99.5 Å². The molecule has 0 aromatic heterocycles. The first-order chi connectivity index (χ1) is 13.8. The summed E-state index contributed by atoms with van der Waals surface area (Å²) in [6.07, 6.45) is 2.70. The molecule has 1 aromatic carbocycles. The molecule has 0 radical (unpaired) electrons. The van der Waals surface area contributed by atoms with E-state index in [-0.39, 0.29) is 11.8 Å². The molecule has 1 heterocycles. The van der Waals surface area contributed by atoms with E-state index in [9.17, 15) is 19.6 Å². The molecule has 3 rings (SSSR count). The molecule has 2 aliphatic rings. The molecular weight excluding hydrogens is 370 g/mol. The molecule has 1 aromatic rings. The molecule has 7 heteroatoms. The number of nitrogens with one attached hydrogen (secondary N) is 1. The van der Waals surface area contributed by atoms with Crippen molar-refractivity contribution < 1.29 is 19.1 Å². The molecule has 7 nitrogen and oxygen atoms in total. The fourth-order valence-electron chi connectivity index (χ4n) is 4.05. The van der Waals surface area contributed by atoms with E-state index in [0.717, 1.165) is 18.4 Å². The van der Waals surface area contributed by atoms with Gasteiger partial charge in [-0.2, -0.15) is 5.26 Å². The number of likely N-dealkylation sites (tertiary alicyclic amines) is 1. The van der Waals surface area contributed by atoms with Gasteiger partial charge in [-0.25, -0.2) is 0 Å². The van der Waals surface area contributed by atoms with Crippen LogP contribution in [0.2, 0.25) is 0 Å². The standard InChI is InChI=1S/C22H27N3O4/c1-16(26)25-12-10-22(11-13-25,18-6-4-3-5-7-18)20(28)29-14-19(27)24-21(2,15-23)17-8-9-17/h3-7,17H,8-14H2,1-2H3,(H,24,27)/t21-/m0/s1. The maximum absolute atomic E-state index is 13.1. The highest BCUT2D eigenvalue weighted by molar-refractivity contribution is 5.87. The highest BCUT2D eigenvalue weighted by Gasteiger charge is 2.46. The van der Waals surface area contributed by atoms with Crippen LogP contribution < -0.4 is 5.32 Å². The van der Waals surface area contributed by atoms with Gasteiger partial charge >= 0.3 is 5.97 Å². The summed E-state index contributed by atoms with van der Waals surface area (Å²) in [7, 11) is 0. The SMILES string of the molecule is CC(=O)N1CCC(C(=O)OCC(=O)N[C@@](C)(C#N)C2CC2)(c2ccccc2)CC1. The van der Waals surface area contributed by atoms with E-state index < -0.39 is 29.4 Å². The molecule has 0 bridgehead atoms. The van der Waals surface area contributed by atoms with Crippen molar-refractivity contribution in [2.75, 3.05) is 19.7 Å². The number of nitriles is 1. The summed E-state index contributed by atoms with van der Waals surface area (Å²) < 4.78 is 5.42. The van der Waals surface area contributed by atoms with Crippen molar-refractivity contribution in [2.24, 2.45) is 5.92 Å². The first-order valence-electron chi connectivity index (χ1n) is 10.0. The van der Waals surface area contributed by atoms with Gasteiger partial charge in [-0.1, -0.05) is 30.3 Å². The largest absolute Gasteiger partial charge is 0.455 e. The fraction of sp³-hybridized carbons (Fsp3) is 0.545. The number of carbonyl (C=O) groups is 3. The lowest BCUT2D eigenvalue weighted by Crippen LogP contribution is -2.51. The number of carbonyl (C=O) groups excluding carboxylic acids is 3. The van der Waals surface area contributed by atoms with E-state index in [2.05, 4.69) is 11.4 Å². The predicted octanol–water partition coefficient (Wildman–Crippen LogP) is 1.92. The Hall–Kier alpha value is -2.88. The third kappa shape index (κ3) is 4.42. The van der Waals surface area contributed by atoms with Crippen LogP contribution in [0.15, 0.2) is 30.3 Å². The van der Waals surface area contributed by atoms with Crippen molar-refractivity contribution in [3.63, 3.8) is 0 Å². The molecular formula is C22H27N3O4. The van der Waals surface area contributed by atoms with Crippen LogP contribution in [0.4, 0.5) is 0 Å². The minimum absolute atomic E-state index is 0.0183. The Morgan fingerprint density at radius 2 is 1.86 bits per heavy atom. The molecule has 0 unspecified atom stereocenters. The third-order valence-electron chi connectivity index (χ3n) is 6.14. The van der Waals surface area contributed by atoms with Gasteiger partial charge in [0, 0.05) is 20.0 Å². The van der Waals surface area contributed by atoms with E-state index in [1.165, 1.54) is 6.92 Å². The van der Waals surface area contributed by atoms with Crippen molar-refractivity contribution >= 4 is 17.8 Å². The maximum Gasteiger partial charge on any atom is 0.317 e. The summed E-state index contributed by atoms with van der Waals surface area (Å²) in [5.74, 6) is -0.806. The van der Waals surface area contributed by atoms with Crippen molar-refractivity contribution in [3.8, 4) is 6.07 Å². The molecule has 1 aliphatic carbocycles. The fourth-order valence-corrected chi connectivity index (χ4v) is 4.05. The van der Waals surface area contributed by atoms with Crippen LogP contribution in [-0.2, 0) is 24.5 Å². The number of hydrogen-bond acceptors (Lipinski definition) is 5. The minimum atomic E-state index is -0.923. The number of piperidine rings is 1. The Morgan fingerprint density at radius 1 is 1.24 bits per heavy atom. The Kier molecular flexibility index (Phi) is 5.92. The van der Waals surface area contributed by atoms with Gasteiger partial charge in [0.25, 0.3) is 5.91 Å². The van der Waals surface area contributed by atoms with Crippen LogP contribution in [-0.4, -0.2) is 47.9 Å². The summed E-state index contributed by atoms with van der Waals surface area (Å²) in [4.78, 5) is 38.8. The van der Waals surface area contributed by atoms with Gasteiger partial charge < -0.3 is 15.0 Å². The summed E-state index contributed by atoms with van der Waals surface area (Å²) >= 11 is 0. The van der Waals surface area contributed by atoms with E-state index >= 15 is 0 Å². The number of ether oxygens (including phenoxy) is 1. The molecule has 1 saturated carbocycles. The minimum Gasteiger partial charge on any atom is -0.455 e. The lowest BCUT2D eigenvalue weighted by molar-refractivity contribution is -0.157. The van der Waals surface area contributed by atoms with Gasteiger partial charge in [0.15, 0.2) is 6.61 Å². The molecule has 1 atom stereocenters. The van der Waals surface area contributed by atoms with Crippen LogP contribution in [0.5, 0.6) is 0 Å². The van der Waals surface area contributed by atoms with Crippen LogP contribution in [0, 0.1) is 17.2 Å². The predicted molar refractivity (Wildman–Crippen MR) is 105 cm³/mol. The van der Waals surface area contributed by atoms with Gasteiger partial charge in [-0.3, -0.25) is 14.4 Å². The molecule has 2 amide bonds. The molecule has 1 saturated heterocycles. The van der Waals surface area contributed by atoms with Crippen LogP contribution >= 0.6 is 0 Å². The Bertz CT molecular complexity index is 820. The average Bonchev–Trinajstić information content (AvgIpc) is 3.58. The van der Waals surface area contributed by atoms with Crippen molar-refractivity contribution in [1.82, 2.24) is 10.2 Å². The highest BCUT2D eigenvalue weighted by Crippen LogP contribution is 2.39. The number of hydrogen-bond donors (Lipinski definition) is 1. The van der Waals surface area contributed by atoms with Gasteiger partial charge in [0.2, 0.25) is 5.91 Å². The van der Waals surface area contributed by atoms with Crippen molar-refractivity contribution in [2.45, 2.75) is 50.5 Å². The number of esters is 1. The number of nitrogens with zero attached hydrogens (tertiary/aromatic N) is 2. The Balaban J connectivity index is 1.69. The zero-order chi connectivity index (χ0) is 21.1. The summed E-state index contributed by atoms with van der Waals surface area (Å²) in [6.45, 7) is 3.71. The second kappa shape index (κ2) is 8.24. The number of amides is 2. The Labute approximate surface area is 171 Å². The van der Waals surface area contributed by atoms with E-state index in [1.54, 1.807) is 11.8 Å². The van der Waals surface area contributed by atoms with E-state index in [4.69, 9.17) is 4.74 Å². The Morgan fingerprint density at radius 3 is 2.38 bits per heavy atom. The highest BCUT2D eigenvalue weighted by atomic mass is 16.5. The average molecular weight is 397 g/mol. The zero-order valence-electron chi connectivity index (χ0n) is 16.9. The van der Waals surface area contributed by atoms with Gasteiger partial charge in [0.1, 0.15) is 5.54 Å². The molecule has 1 aliphatic heterocycles. The zero-order valence-corrected chi connectivity index (χ0v) is 16.9. The number of rotatable bonds is 6. The van der Waals surface area contributed by atoms with Crippen molar-refractivity contribution in [3.05, 3.63) is 35.9 Å². The van der Waals surface area contributed by atoms with Gasteiger partial charge in [0.05, 0.1) is 11.5 Å². The van der Waals surface area contributed by atoms with E-state index in [0.29, 0.717) is 25.9 Å². The lowest BCUT2D eigenvalue weighted by atomic mass is 9.72. The monoisotopic (exact) mass is 397 g/mol. The molecule has 0 spiro atoms. The van der Waals surface area contributed by atoms with Gasteiger partial charge in [-0.15, -0.1) is 0 Å². The van der Waals surface area contributed by atoms with E-state index in [1.807, 2.05) is 30.3 Å². The summed E-state index contributed by atoms with van der Waals surface area (Å²) in [6, 6.07) is 11.5. The summed E-state index contributed by atoms with van der Waals surface area (Å²) in [5, 5.41) is 12.1. The van der Waals surface area contributed by atoms with Crippen LogP contribution in [0.25, 0.3) is 0 Å². The second-order valence-electron chi connectivity index (χ2n) is 8.17. The quantitative estimate of drug-likeness (QED) is 0.740. The number of benzene rings is 1. The molecule has 2 fully saturated rings. The van der Waals surface area contributed by atoms with Crippen LogP contribution in [0.3, 0.4) is 0 Å². The molecule has 1 N–H and O–H groups in total. The third-order valence-corrected chi connectivity index (χ3v) is 6.14. The van der Waals surface area contributed by atoms with Crippen LogP contribution in [0.1, 0.15) is 45.1 Å². The first kappa shape index (κ1) is 20.8. The smallest absolute Gasteiger partial charge is 0.317 e.